The quantitative estimate of drug-likeness (QED) is 0.431. The van der Waals surface area contributed by atoms with Crippen molar-refractivity contribution >= 4 is 34.7 Å². The number of nitrogens with one attached hydrogen (secondary N) is 2. The van der Waals surface area contributed by atoms with Gasteiger partial charge in [-0.25, -0.2) is 9.50 Å². The number of fused-ring (bicyclic) bond motifs is 1. The Morgan fingerprint density at radius 1 is 1.30 bits per heavy atom. The van der Waals surface area contributed by atoms with Crippen LogP contribution in [0.25, 0.3) is 16.9 Å². The molecule has 0 spiro atoms. The Morgan fingerprint density at radius 3 is 2.88 bits per heavy atom. The number of amides is 2. The molecular weight excluding hydrogens is 446 g/mol. The monoisotopic (exact) mass is 467 g/mol. The highest BCUT2D eigenvalue weighted by Gasteiger charge is 2.23. The number of nitrogens with zero attached hydrogens (tertiary/aromatic N) is 5. The van der Waals surface area contributed by atoms with Gasteiger partial charge in [0.05, 0.1) is 25.2 Å². The Hall–Kier alpha value is -3.92. The topological polar surface area (TPSA) is 115 Å². The van der Waals surface area contributed by atoms with E-state index in [1.165, 1.54) is 22.5 Å². The fraction of sp³-hybridized carbons (Fsp3) is 0.227. The molecule has 3 heterocycles. The maximum Gasteiger partial charge on any atom is 0.261 e. The Kier molecular flexibility index (Phi) is 6.27. The average molecular weight is 468 g/mol. The molecule has 1 unspecified atom stereocenters. The van der Waals surface area contributed by atoms with Gasteiger partial charge in [-0.1, -0.05) is 11.6 Å². The number of hydrogen-bond donors (Lipinski definition) is 2. The zero-order valence-electron chi connectivity index (χ0n) is 18.2. The van der Waals surface area contributed by atoms with Crippen molar-refractivity contribution < 1.29 is 14.3 Å². The van der Waals surface area contributed by atoms with Gasteiger partial charge in [-0.05, 0) is 38.1 Å². The molecule has 11 heteroatoms. The second kappa shape index (κ2) is 9.29. The number of likely N-dealkylation sites (N-methyl/N-ethyl adjacent to an activating group) is 1. The number of rotatable bonds is 7. The van der Waals surface area contributed by atoms with Crippen molar-refractivity contribution in [3.8, 4) is 17.0 Å². The molecule has 4 aromatic rings. The highest BCUT2D eigenvalue weighted by atomic mass is 35.5. The Labute approximate surface area is 194 Å². The van der Waals surface area contributed by atoms with Crippen molar-refractivity contribution in [2.75, 3.05) is 19.0 Å². The lowest BCUT2D eigenvalue weighted by Crippen LogP contribution is -2.30. The molecule has 10 nitrogen and oxygen atoms in total. The number of ether oxygens (including phenoxy) is 1. The molecule has 170 valence electrons. The summed E-state index contributed by atoms with van der Waals surface area (Å²) in [5.41, 5.74) is 2.07. The summed E-state index contributed by atoms with van der Waals surface area (Å²) in [6.45, 7) is 4.05. The molecule has 0 saturated heterocycles. The smallest absolute Gasteiger partial charge is 0.261 e. The summed E-state index contributed by atoms with van der Waals surface area (Å²) in [6.07, 6.45) is 6.33. The highest BCUT2D eigenvalue weighted by Crippen LogP contribution is 2.36. The molecule has 33 heavy (non-hydrogen) atoms. The van der Waals surface area contributed by atoms with Crippen molar-refractivity contribution in [1.82, 2.24) is 29.7 Å². The molecule has 2 N–H and O–H groups in total. The molecule has 1 aromatic carbocycles. The van der Waals surface area contributed by atoms with Crippen LogP contribution in [-0.2, 0) is 4.79 Å². The van der Waals surface area contributed by atoms with Crippen molar-refractivity contribution in [3.05, 3.63) is 59.6 Å². The minimum atomic E-state index is -0.613. The summed E-state index contributed by atoms with van der Waals surface area (Å²) in [5.74, 6) is -0.103. The lowest BCUT2D eigenvalue weighted by atomic mass is 10.1. The minimum Gasteiger partial charge on any atom is -0.496 e. The van der Waals surface area contributed by atoms with Crippen LogP contribution in [0.2, 0.25) is 5.02 Å². The largest absolute Gasteiger partial charge is 0.496 e. The van der Waals surface area contributed by atoms with Crippen molar-refractivity contribution in [2.45, 2.75) is 19.9 Å². The van der Waals surface area contributed by atoms with Gasteiger partial charge < -0.3 is 15.4 Å². The van der Waals surface area contributed by atoms with Gasteiger partial charge in [-0.15, -0.1) is 0 Å². The number of methoxy groups -OCH3 is 1. The second-order valence-corrected chi connectivity index (χ2v) is 7.62. The van der Waals surface area contributed by atoms with E-state index in [0.717, 1.165) is 0 Å². The zero-order valence-corrected chi connectivity index (χ0v) is 19.0. The third-order valence-electron chi connectivity index (χ3n) is 5.05. The van der Waals surface area contributed by atoms with Crippen LogP contribution in [0.1, 0.15) is 30.2 Å². The normalized spacial score (nSPS) is 11.9. The van der Waals surface area contributed by atoms with E-state index in [2.05, 4.69) is 25.8 Å². The first-order valence-corrected chi connectivity index (χ1v) is 10.6. The van der Waals surface area contributed by atoms with Crippen LogP contribution in [0.4, 0.5) is 5.69 Å². The molecule has 0 radical (unpaired) electrons. The van der Waals surface area contributed by atoms with Crippen molar-refractivity contribution in [2.24, 2.45) is 0 Å². The molecule has 0 saturated carbocycles. The molecule has 4 rings (SSSR count). The predicted octanol–water partition coefficient (Wildman–Crippen LogP) is 3.20. The summed E-state index contributed by atoms with van der Waals surface area (Å²) < 4.78 is 8.48. The first kappa shape index (κ1) is 22.3. The number of benzene rings is 1. The predicted molar refractivity (Wildman–Crippen MR) is 124 cm³/mol. The summed E-state index contributed by atoms with van der Waals surface area (Å²) in [7, 11) is 1.53. The molecule has 1 atom stereocenters. The number of carbonyl (C=O) groups is 2. The van der Waals surface area contributed by atoms with Crippen LogP contribution in [-0.4, -0.2) is 49.8 Å². The van der Waals surface area contributed by atoms with E-state index in [0.29, 0.717) is 45.5 Å². The van der Waals surface area contributed by atoms with E-state index in [9.17, 15) is 9.59 Å². The van der Waals surface area contributed by atoms with Gasteiger partial charge in [0, 0.05) is 29.5 Å². The number of hydrogen-bond acceptors (Lipinski definition) is 6. The van der Waals surface area contributed by atoms with E-state index in [-0.39, 0.29) is 5.91 Å². The Balaban J connectivity index is 1.78. The van der Waals surface area contributed by atoms with Crippen LogP contribution >= 0.6 is 11.6 Å². The first-order chi connectivity index (χ1) is 15.9. The van der Waals surface area contributed by atoms with Gasteiger partial charge in [-0.2, -0.15) is 10.2 Å². The fourth-order valence-electron chi connectivity index (χ4n) is 3.36. The van der Waals surface area contributed by atoms with Gasteiger partial charge in [0.15, 0.2) is 5.65 Å². The molecule has 0 bridgehead atoms. The standard InChI is InChI=1S/C22H22ClN7O3/c1-4-24-21(31)13(2)30-12-17(19(28-30)15-10-14(23)6-7-18(15)33-3)27-22(32)16-11-26-29-9-5-8-25-20(16)29/h5-13H,4H2,1-3H3,(H,24,31)(H,27,32). The Bertz CT molecular complexity index is 1330. The van der Waals surface area contributed by atoms with Crippen LogP contribution in [0.5, 0.6) is 5.75 Å². The molecule has 2 amide bonds. The van der Waals surface area contributed by atoms with E-state index >= 15 is 0 Å². The van der Waals surface area contributed by atoms with Crippen LogP contribution in [0, 0.1) is 0 Å². The zero-order chi connectivity index (χ0) is 23.5. The van der Waals surface area contributed by atoms with E-state index in [1.807, 2.05) is 6.92 Å². The summed E-state index contributed by atoms with van der Waals surface area (Å²) >= 11 is 6.23. The fourth-order valence-corrected chi connectivity index (χ4v) is 3.54. The first-order valence-electron chi connectivity index (χ1n) is 10.2. The van der Waals surface area contributed by atoms with E-state index in [4.69, 9.17) is 16.3 Å². The van der Waals surface area contributed by atoms with Crippen LogP contribution in [0.3, 0.4) is 0 Å². The van der Waals surface area contributed by atoms with Gasteiger partial charge >= 0.3 is 0 Å². The molecule has 0 aliphatic carbocycles. The average Bonchev–Trinajstić information content (AvgIpc) is 3.43. The van der Waals surface area contributed by atoms with Gasteiger partial charge in [0.25, 0.3) is 5.91 Å². The SMILES string of the molecule is CCNC(=O)C(C)n1cc(NC(=O)c2cnn3cccnc23)c(-c2cc(Cl)ccc2OC)n1. The van der Waals surface area contributed by atoms with Gasteiger partial charge in [0.2, 0.25) is 5.91 Å². The summed E-state index contributed by atoms with van der Waals surface area (Å²) in [6, 6.07) is 6.21. The lowest BCUT2D eigenvalue weighted by Gasteiger charge is -2.11. The second-order valence-electron chi connectivity index (χ2n) is 7.19. The summed E-state index contributed by atoms with van der Waals surface area (Å²) in [4.78, 5) is 29.8. The molecule has 3 aromatic heterocycles. The number of halogens is 1. The van der Waals surface area contributed by atoms with Crippen molar-refractivity contribution in [1.29, 1.82) is 0 Å². The molecule has 0 aliphatic rings. The highest BCUT2D eigenvalue weighted by molar-refractivity contribution is 6.31. The van der Waals surface area contributed by atoms with Crippen LogP contribution in [0.15, 0.2) is 49.1 Å². The van der Waals surface area contributed by atoms with Gasteiger partial charge in [-0.3, -0.25) is 14.3 Å². The molecule has 0 aliphatic heterocycles. The van der Waals surface area contributed by atoms with Crippen molar-refractivity contribution in [3.63, 3.8) is 0 Å². The minimum absolute atomic E-state index is 0.200. The molecular formula is C22H22ClN7O3. The number of carbonyl (C=O) groups excluding carboxylic acids is 2. The maximum atomic E-state index is 13.1. The third kappa shape index (κ3) is 4.37. The van der Waals surface area contributed by atoms with Crippen LogP contribution < -0.4 is 15.4 Å². The van der Waals surface area contributed by atoms with Gasteiger partial charge in [0.1, 0.15) is 23.0 Å². The Morgan fingerprint density at radius 2 is 2.12 bits per heavy atom. The summed E-state index contributed by atoms with van der Waals surface area (Å²) in [5, 5.41) is 14.9. The van der Waals surface area contributed by atoms with E-state index < -0.39 is 11.9 Å². The molecule has 0 fully saturated rings. The van der Waals surface area contributed by atoms with E-state index in [1.54, 1.807) is 49.8 Å². The number of aromatic nitrogens is 5. The lowest BCUT2D eigenvalue weighted by molar-refractivity contribution is -0.124. The number of anilines is 1. The maximum absolute atomic E-state index is 13.1. The third-order valence-corrected chi connectivity index (χ3v) is 5.28.